The zero-order valence-corrected chi connectivity index (χ0v) is 17.8. The second-order valence-electron chi connectivity index (χ2n) is 7.84. The Kier molecular flexibility index (Phi) is 7.01. The van der Waals surface area contributed by atoms with Crippen LogP contribution in [-0.2, 0) is 19.8 Å². The van der Waals surface area contributed by atoms with Crippen LogP contribution >= 0.6 is 0 Å². The Balaban J connectivity index is 1.77. The van der Waals surface area contributed by atoms with Gasteiger partial charge in [0, 0.05) is 7.11 Å². The SMILES string of the molecule is CO[C@@H]1O[C@@H](COC(c2ccccc2)(c2ccccc2)c2ccccc2)[C@@H](O)[C@@H](O)[C@H]1O. The molecule has 0 radical (unpaired) electrons. The minimum atomic E-state index is -1.41. The molecule has 0 spiro atoms. The third kappa shape index (κ3) is 4.21. The summed E-state index contributed by atoms with van der Waals surface area (Å²) in [4.78, 5) is 0. The fraction of sp³-hybridized carbons (Fsp3) is 0.308. The van der Waals surface area contributed by atoms with Crippen molar-refractivity contribution in [2.45, 2.75) is 36.3 Å². The Morgan fingerprint density at radius 3 is 1.53 bits per heavy atom. The first-order valence-electron chi connectivity index (χ1n) is 10.6. The zero-order chi connectivity index (χ0) is 22.6. The molecule has 5 atom stereocenters. The molecule has 4 rings (SSSR count). The highest BCUT2D eigenvalue weighted by molar-refractivity contribution is 5.47. The molecule has 0 aromatic heterocycles. The van der Waals surface area contributed by atoms with Crippen molar-refractivity contribution in [2.75, 3.05) is 13.7 Å². The van der Waals surface area contributed by atoms with E-state index in [0.717, 1.165) is 16.7 Å². The van der Waals surface area contributed by atoms with Gasteiger partial charge in [0.25, 0.3) is 0 Å². The van der Waals surface area contributed by atoms with Gasteiger partial charge in [-0.2, -0.15) is 0 Å². The first-order chi connectivity index (χ1) is 15.6. The van der Waals surface area contributed by atoms with E-state index in [1.54, 1.807) is 0 Å². The van der Waals surface area contributed by atoms with E-state index in [1.807, 2.05) is 91.0 Å². The summed E-state index contributed by atoms with van der Waals surface area (Å²) in [5, 5.41) is 30.9. The lowest BCUT2D eigenvalue weighted by molar-refractivity contribution is -0.299. The van der Waals surface area contributed by atoms with Gasteiger partial charge >= 0.3 is 0 Å². The average Bonchev–Trinajstić information content (AvgIpc) is 2.86. The molecule has 1 aliphatic heterocycles. The van der Waals surface area contributed by atoms with Gasteiger partial charge in [-0.1, -0.05) is 91.0 Å². The molecule has 1 heterocycles. The molecular weight excluding hydrogens is 408 g/mol. The number of aliphatic hydroxyl groups excluding tert-OH is 3. The Hall–Kier alpha value is -2.58. The Bertz CT molecular complexity index is 867. The lowest BCUT2D eigenvalue weighted by atomic mass is 9.80. The predicted molar refractivity (Wildman–Crippen MR) is 119 cm³/mol. The third-order valence-electron chi connectivity index (χ3n) is 5.91. The molecule has 3 aromatic carbocycles. The summed E-state index contributed by atoms with van der Waals surface area (Å²) in [5.41, 5.74) is 1.74. The highest BCUT2D eigenvalue weighted by atomic mass is 16.7. The summed E-state index contributed by atoms with van der Waals surface area (Å²) in [6.07, 6.45) is -6.08. The van der Waals surface area contributed by atoms with Crippen molar-refractivity contribution >= 4 is 0 Å². The second kappa shape index (κ2) is 9.92. The maximum atomic E-state index is 10.6. The third-order valence-corrected chi connectivity index (χ3v) is 5.91. The molecule has 32 heavy (non-hydrogen) atoms. The number of aliphatic hydroxyl groups is 3. The maximum Gasteiger partial charge on any atom is 0.186 e. The van der Waals surface area contributed by atoms with Crippen molar-refractivity contribution in [3.8, 4) is 0 Å². The summed E-state index contributed by atoms with van der Waals surface area (Å²) < 4.78 is 17.5. The van der Waals surface area contributed by atoms with Crippen LogP contribution in [0.5, 0.6) is 0 Å². The van der Waals surface area contributed by atoms with Crippen LogP contribution in [0.1, 0.15) is 16.7 Å². The van der Waals surface area contributed by atoms with E-state index in [-0.39, 0.29) is 6.61 Å². The van der Waals surface area contributed by atoms with Gasteiger partial charge in [-0.25, -0.2) is 0 Å². The van der Waals surface area contributed by atoms with E-state index >= 15 is 0 Å². The van der Waals surface area contributed by atoms with Gasteiger partial charge in [-0.05, 0) is 16.7 Å². The van der Waals surface area contributed by atoms with Gasteiger partial charge < -0.3 is 29.5 Å². The first-order valence-corrected chi connectivity index (χ1v) is 10.6. The molecule has 3 aromatic rings. The standard InChI is InChI=1S/C26H28O6/c1-30-25-24(29)23(28)22(27)21(32-25)17-31-26(18-11-5-2-6-12-18,19-13-7-3-8-14-19)20-15-9-4-10-16-20/h2-16,21-25,27-29H,17H2,1H3/t21-,22+,23+,24+,25+/m0/s1. The zero-order valence-electron chi connectivity index (χ0n) is 17.8. The largest absolute Gasteiger partial charge is 0.387 e. The van der Waals surface area contributed by atoms with E-state index in [9.17, 15) is 15.3 Å². The van der Waals surface area contributed by atoms with E-state index < -0.39 is 36.3 Å². The highest BCUT2D eigenvalue weighted by Gasteiger charge is 2.46. The molecule has 168 valence electrons. The van der Waals surface area contributed by atoms with E-state index in [0.29, 0.717) is 0 Å². The lowest BCUT2D eigenvalue weighted by Crippen LogP contribution is -2.59. The first kappa shape index (κ1) is 22.6. The van der Waals surface area contributed by atoms with Crippen LogP contribution in [0.3, 0.4) is 0 Å². The van der Waals surface area contributed by atoms with Gasteiger partial charge in [-0.15, -0.1) is 0 Å². The summed E-state index contributed by atoms with van der Waals surface area (Å²) in [5.74, 6) is 0. The summed E-state index contributed by atoms with van der Waals surface area (Å²) >= 11 is 0. The average molecular weight is 437 g/mol. The van der Waals surface area contributed by atoms with E-state index in [1.165, 1.54) is 7.11 Å². The molecule has 0 aliphatic carbocycles. The van der Waals surface area contributed by atoms with Crippen LogP contribution in [0.4, 0.5) is 0 Å². The van der Waals surface area contributed by atoms with Gasteiger partial charge in [-0.3, -0.25) is 0 Å². The fourth-order valence-corrected chi connectivity index (χ4v) is 4.22. The van der Waals surface area contributed by atoms with Crippen LogP contribution in [-0.4, -0.2) is 59.7 Å². The Labute approximate surface area is 187 Å². The number of hydrogen-bond acceptors (Lipinski definition) is 6. The van der Waals surface area contributed by atoms with Crippen LogP contribution in [0.2, 0.25) is 0 Å². The van der Waals surface area contributed by atoms with Gasteiger partial charge in [0.15, 0.2) is 6.29 Å². The Morgan fingerprint density at radius 2 is 1.12 bits per heavy atom. The van der Waals surface area contributed by atoms with E-state index in [2.05, 4.69) is 0 Å². The smallest absolute Gasteiger partial charge is 0.186 e. The quantitative estimate of drug-likeness (QED) is 0.493. The molecule has 1 saturated heterocycles. The van der Waals surface area contributed by atoms with Crippen molar-refractivity contribution in [3.05, 3.63) is 108 Å². The molecule has 0 saturated carbocycles. The van der Waals surface area contributed by atoms with Crippen LogP contribution < -0.4 is 0 Å². The molecule has 1 aliphatic rings. The molecule has 1 fully saturated rings. The summed E-state index contributed by atoms with van der Waals surface area (Å²) in [6.45, 7) is -0.0521. The molecule has 0 bridgehead atoms. The molecule has 0 amide bonds. The lowest BCUT2D eigenvalue weighted by Gasteiger charge is -2.42. The highest BCUT2D eigenvalue weighted by Crippen LogP contribution is 2.41. The van der Waals surface area contributed by atoms with Crippen molar-refractivity contribution in [3.63, 3.8) is 0 Å². The van der Waals surface area contributed by atoms with Crippen molar-refractivity contribution < 1.29 is 29.5 Å². The minimum absolute atomic E-state index is 0.0521. The van der Waals surface area contributed by atoms with E-state index in [4.69, 9.17) is 14.2 Å². The summed E-state index contributed by atoms with van der Waals surface area (Å²) in [7, 11) is 1.37. The number of ether oxygens (including phenoxy) is 3. The van der Waals surface area contributed by atoms with Crippen LogP contribution in [0.15, 0.2) is 91.0 Å². The van der Waals surface area contributed by atoms with Gasteiger partial charge in [0.2, 0.25) is 0 Å². The second-order valence-corrected chi connectivity index (χ2v) is 7.84. The molecule has 6 nitrogen and oxygen atoms in total. The number of benzene rings is 3. The van der Waals surface area contributed by atoms with Crippen molar-refractivity contribution in [1.29, 1.82) is 0 Å². The monoisotopic (exact) mass is 436 g/mol. The number of rotatable bonds is 7. The van der Waals surface area contributed by atoms with Crippen molar-refractivity contribution in [1.82, 2.24) is 0 Å². The predicted octanol–water partition coefficient (Wildman–Crippen LogP) is 2.45. The topological polar surface area (TPSA) is 88.4 Å². The minimum Gasteiger partial charge on any atom is -0.387 e. The van der Waals surface area contributed by atoms with Crippen LogP contribution in [0, 0.1) is 0 Å². The normalized spacial score (nSPS) is 26.1. The Morgan fingerprint density at radius 1 is 0.688 bits per heavy atom. The molecule has 0 unspecified atom stereocenters. The van der Waals surface area contributed by atoms with Gasteiger partial charge in [0.05, 0.1) is 6.61 Å². The maximum absolute atomic E-state index is 10.6. The number of hydrogen-bond donors (Lipinski definition) is 3. The van der Waals surface area contributed by atoms with Crippen LogP contribution in [0.25, 0.3) is 0 Å². The molecule has 3 N–H and O–H groups in total. The fourth-order valence-electron chi connectivity index (χ4n) is 4.22. The molecular formula is C26H28O6. The molecule has 6 heteroatoms. The summed E-state index contributed by atoms with van der Waals surface area (Å²) in [6, 6.07) is 29.5. The van der Waals surface area contributed by atoms with Gasteiger partial charge in [0.1, 0.15) is 30.0 Å². The number of methoxy groups -OCH3 is 1. The van der Waals surface area contributed by atoms with Crippen molar-refractivity contribution in [2.24, 2.45) is 0 Å².